The summed E-state index contributed by atoms with van der Waals surface area (Å²) in [5.41, 5.74) is 1.28. The fourth-order valence-corrected chi connectivity index (χ4v) is 2.31. The average Bonchev–Trinajstić information content (AvgIpc) is 3.26. The van der Waals surface area contributed by atoms with E-state index in [4.69, 9.17) is 0 Å². The average molecular weight is 340 g/mol. The van der Waals surface area contributed by atoms with Crippen molar-refractivity contribution in [1.82, 2.24) is 20.4 Å². The number of nitrogens with zero attached hydrogens (tertiary/aromatic N) is 3. The molecule has 6 nitrogen and oxygen atoms in total. The van der Waals surface area contributed by atoms with E-state index >= 15 is 0 Å². The van der Waals surface area contributed by atoms with Crippen LogP contribution < -0.4 is 5.32 Å². The maximum absolute atomic E-state index is 12.5. The molecule has 1 fully saturated rings. The van der Waals surface area contributed by atoms with Crippen molar-refractivity contribution >= 4 is 6.03 Å². The summed E-state index contributed by atoms with van der Waals surface area (Å²) in [5.74, 6) is -1.50. The highest BCUT2D eigenvalue weighted by Gasteiger charge is 2.38. The Labute approximate surface area is 135 Å². The monoisotopic (exact) mass is 340 g/mol. The Morgan fingerprint density at radius 2 is 2.00 bits per heavy atom. The first kappa shape index (κ1) is 16.3. The van der Waals surface area contributed by atoms with Gasteiger partial charge in [0.15, 0.2) is 0 Å². The minimum atomic E-state index is -4.66. The van der Waals surface area contributed by atoms with Gasteiger partial charge in [-0.15, -0.1) is 0 Å². The molecule has 1 heterocycles. The molecule has 2 amide bonds. The minimum Gasteiger partial charge on any atom is -0.341 e. The van der Waals surface area contributed by atoms with Gasteiger partial charge in [-0.1, -0.05) is 29.4 Å². The summed E-state index contributed by atoms with van der Waals surface area (Å²) in [6.07, 6.45) is -2.70. The van der Waals surface area contributed by atoms with Gasteiger partial charge in [0.25, 0.3) is 0 Å². The maximum Gasteiger partial charge on any atom is 0.471 e. The van der Waals surface area contributed by atoms with Crippen LogP contribution in [-0.2, 0) is 12.7 Å². The molecule has 0 atom stereocenters. The van der Waals surface area contributed by atoms with Gasteiger partial charge in [0, 0.05) is 25.2 Å². The fourth-order valence-electron chi connectivity index (χ4n) is 2.31. The van der Waals surface area contributed by atoms with Crippen LogP contribution in [0.2, 0.25) is 0 Å². The van der Waals surface area contributed by atoms with Gasteiger partial charge in [-0.3, -0.25) is 0 Å². The number of carbonyl (C=O) groups excluding carboxylic acids is 1. The number of urea groups is 1. The van der Waals surface area contributed by atoms with E-state index < -0.39 is 12.1 Å². The van der Waals surface area contributed by atoms with Crippen LogP contribution in [0.3, 0.4) is 0 Å². The lowest BCUT2D eigenvalue weighted by atomic mass is 10.1. The lowest BCUT2D eigenvalue weighted by Gasteiger charge is -2.21. The molecule has 9 heteroatoms. The Bertz CT molecular complexity index is 723. The zero-order valence-corrected chi connectivity index (χ0v) is 12.8. The van der Waals surface area contributed by atoms with E-state index in [-0.39, 0.29) is 17.9 Å². The molecule has 0 unspecified atom stereocenters. The lowest BCUT2D eigenvalue weighted by molar-refractivity contribution is -0.159. The van der Waals surface area contributed by atoms with Crippen molar-refractivity contribution < 1.29 is 22.5 Å². The molecule has 128 valence electrons. The summed E-state index contributed by atoms with van der Waals surface area (Å²) < 4.78 is 41.6. The van der Waals surface area contributed by atoms with E-state index in [0.29, 0.717) is 12.1 Å². The molecule has 2 aromatic rings. The third kappa shape index (κ3) is 3.50. The highest BCUT2D eigenvalue weighted by molar-refractivity contribution is 5.74. The molecule has 0 saturated heterocycles. The van der Waals surface area contributed by atoms with Gasteiger partial charge in [0.2, 0.25) is 5.82 Å². The molecule has 1 aliphatic rings. The predicted octanol–water partition coefficient (Wildman–Crippen LogP) is 3.06. The summed E-state index contributed by atoms with van der Waals surface area (Å²) in [5, 5.41) is 5.95. The van der Waals surface area contributed by atoms with Crippen molar-refractivity contribution in [3.8, 4) is 11.4 Å². The number of alkyl halides is 3. The Morgan fingerprint density at radius 1 is 1.33 bits per heavy atom. The van der Waals surface area contributed by atoms with E-state index in [1.54, 1.807) is 36.2 Å². The standard InChI is InChI=1S/C15H15F3N4O2/c1-19-14(23)22(11-6-7-11)8-9-2-4-10(5-3-9)12-20-13(24-21-12)15(16,17)18/h2-5,11H,6-8H2,1H3,(H,19,23). The summed E-state index contributed by atoms with van der Waals surface area (Å²) >= 11 is 0. The van der Waals surface area contributed by atoms with Crippen LogP contribution >= 0.6 is 0 Å². The molecule has 1 N–H and O–H groups in total. The fraction of sp³-hybridized carbons (Fsp3) is 0.400. The van der Waals surface area contributed by atoms with Crippen LogP contribution in [0.25, 0.3) is 11.4 Å². The number of hydrogen-bond donors (Lipinski definition) is 1. The SMILES string of the molecule is CNC(=O)N(Cc1ccc(-c2noc(C(F)(F)F)n2)cc1)C1CC1. The van der Waals surface area contributed by atoms with E-state index in [1.807, 2.05) is 0 Å². The van der Waals surface area contributed by atoms with Crippen LogP contribution in [0.15, 0.2) is 28.8 Å². The molecule has 1 aromatic heterocycles. The first-order chi connectivity index (χ1) is 11.4. The molecule has 0 radical (unpaired) electrons. The van der Waals surface area contributed by atoms with Gasteiger partial charge >= 0.3 is 18.1 Å². The molecule has 3 rings (SSSR count). The normalized spacial score (nSPS) is 14.5. The molecular formula is C15H15F3N4O2. The van der Waals surface area contributed by atoms with Gasteiger partial charge in [-0.05, 0) is 18.4 Å². The van der Waals surface area contributed by atoms with E-state index in [9.17, 15) is 18.0 Å². The van der Waals surface area contributed by atoms with Crippen molar-refractivity contribution in [1.29, 1.82) is 0 Å². The van der Waals surface area contributed by atoms with Gasteiger partial charge < -0.3 is 14.7 Å². The van der Waals surface area contributed by atoms with Gasteiger partial charge in [-0.25, -0.2) is 4.79 Å². The summed E-state index contributed by atoms with van der Waals surface area (Å²) in [6, 6.07) is 6.78. The van der Waals surface area contributed by atoms with Gasteiger partial charge in [0.05, 0.1) is 0 Å². The number of benzene rings is 1. The number of halogens is 3. The third-order valence-electron chi connectivity index (χ3n) is 3.70. The van der Waals surface area contributed by atoms with Crippen LogP contribution in [0.1, 0.15) is 24.3 Å². The molecule has 0 aliphatic heterocycles. The van der Waals surface area contributed by atoms with Crippen LogP contribution in [0, 0.1) is 0 Å². The smallest absolute Gasteiger partial charge is 0.341 e. The number of aromatic nitrogens is 2. The first-order valence-corrected chi connectivity index (χ1v) is 7.37. The molecular weight excluding hydrogens is 325 g/mol. The van der Waals surface area contributed by atoms with Crippen molar-refractivity contribution in [3.63, 3.8) is 0 Å². The van der Waals surface area contributed by atoms with Crippen molar-refractivity contribution in [3.05, 3.63) is 35.7 Å². The molecule has 0 bridgehead atoms. The van der Waals surface area contributed by atoms with Crippen LogP contribution in [0.4, 0.5) is 18.0 Å². The number of amides is 2. The molecule has 1 aliphatic carbocycles. The molecule has 24 heavy (non-hydrogen) atoms. The van der Waals surface area contributed by atoms with Crippen LogP contribution in [0.5, 0.6) is 0 Å². The molecule has 1 aromatic carbocycles. The number of rotatable bonds is 4. The van der Waals surface area contributed by atoms with Crippen molar-refractivity contribution in [2.24, 2.45) is 0 Å². The Hall–Kier alpha value is -2.58. The first-order valence-electron chi connectivity index (χ1n) is 7.37. The second-order valence-corrected chi connectivity index (χ2v) is 5.53. The second kappa shape index (κ2) is 6.14. The van der Waals surface area contributed by atoms with E-state index in [0.717, 1.165) is 18.4 Å². The highest BCUT2D eigenvalue weighted by Crippen LogP contribution is 2.30. The quantitative estimate of drug-likeness (QED) is 0.928. The Balaban J connectivity index is 1.73. The maximum atomic E-state index is 12.5. The van der Waals surface area contributed by atoms with Crippen LogP contribution in [-0.4, -0.2) is 34.2 Å². The second-order valence-electron chi connectivity index (χ2n) is 5.53. The zero-order valence-electron chi connectivity index (χ0n) is 12.8. The van der Waals surface area contributed by atoms with Crippen molar-refractivity contribution in [2.45, 2.75) is 31.6 Å². The number of hydrogen-bond acceptors (Lipinski definition) is 4. The molecule has 0 spiro atoms. The Morgan fingerprint density at radius 3 is 2.50 bits per heavy atom. The van der Waals surface area contributed by atoms with Gasteiger partial charge in [-0.2, -0.15) is 18.2 Å². The van der Waals surface area contributed by atoms with E-state index in [1.165, 1.54) is 0 Å². The predicted molar refractivity (Wildman–Crippen MR) is 77.8 cm³/mol. The topological polar surface area (TPSA) is 71.3 Å². The Kier molecular flexibility index (Phi) is 4.16. The number of nitrogens with one attached hydrogen (secondary N) is 1. The van der Waals surface area contributed by atoms with Crippen molar-refractivity contribution in [2.75, 3.05) is 7.05 Å². The van der Waals surface area contributed by atoms with Gasteiger partial charge in [0.1, 0.15) is 0 Å². The largest absolute Gasteiger partial charge is 0.471 e. The third-order valence-corrected chi connectivity index (χ3v) is 3.70. The van der Waals surface area contributed by atoms with E-state index in [2.05, 4.69) is 20.0 Å². The lowest BCUT2D eigenvalue weighted by Crippen LogP contribution is -2.39. The zero-order chi connectivity index (χ0) is 17.3. The molecule has 1 saturated carbocycles. The summed E-state index contributed by atoms with van der Waals surface area (Å²) in [7, 11) is 1.58. The summed E-state index contributed by atoms with van der Waals surface area (Å²) in [4.78, 5) is 16.9. The number of carbonyl (C=O) groups is 1. The minimum absolute atomic E-state index is 0.126. The summed E-state index contributed by atoms with van der Waals surface area (Å²) in [6.45, 7) is 0.435. The highest BCUT2D eigenvalue weighted by atomic mass is 19.4.